The van der Waals surface area contributed by atoms with Gasteiger partial charge < -0.3 is 19.1 Å². The molecule has 0 radical (unpaired) electrons. The molecular weight excluding hydrogens is 318 g/mol. The van der Waals surface area contributed by atoms with E-state index in [9.17, 15) is 4.79 Å². The molecule has 0 aliphatic carbocycles. The number of carbonyl (C=O) groups is 1. The van der Waals surface area contributed by atoms with Crippen LogP contribution in [0.25, 0.3) is 0 Å². The van der Waals surface area contributed by atoms with Crippen LogP contribution in [0.2, 0.25) is 5.02 Å². The van der Waals surface area contributed by atoms with Gasteiger partial charge >= 0.3 is 0 Å². The fraction of sp³-hybridized carbons (Fsp3) is 0.588. The molecule has 6 heteroatoms. The van der Waals surface area contributed by atoms with Crippen LogP contribution in [0.1, 0.15) is 25.3 Å². The van der Waals surface area contributed by atoms with Crippen LogP contribution in [0.3, 0.4) is 0 Å². The Kier molecular flexibility index (Phi) is 4.80. The van der Waals surface area contributed by atoms with E-state index in [0.717, 1.165) is 5.56 Å². The van der Waals surface area contributed by atoms with Crippen LogP contribution in [0.4, 0.5) is 0 Å². The van der Waals surface area contributed by atoms with Crippen LogP contribution >= 0.6 is 11.6 Å². The molecule has 1 aromatic carbocycles. The van der Waals surface area contributed by atoms with Crippen molar-refractivity contribution in [2.45, 2.75) is 38.6 Å². The molecule has 2 aliphatic rings. The van der Waals surface area contributed by atoms with Gasteiger partial charge in [-0.3, -0.25) is 4.79 Å². The second-order valence-corrected chi connectivity index (χ2v) is 6.53. The third-order valence-electron chi connectivity index (χ3n) is 4.39. The fourth-order valence-electron chi connectivity index (χ4n) is 3.05. The molecule has 126 valence electrons. The lowest BCUT2D eigenvalue weighted by molar-refractivity contribution is -0.188. The van der Waals surface area contributed by atoms with Crippen LogP contribution in [0.15, 0.2) is 18.2 Å². The number of ether oxygens (including phenoxy) is 3. The molecule has 1 atom stereocenters. The Balaban J connectivity index is 1.58. The number of rotatable bonds is 3. The van der Waals surface area contributed by atoms with Gasteiger partial charge in [0.1, 0.15) is 5.75 Å². The van der Waals surface area contributed by atoms with E-state index in [2.05, 4.69) is 0 Å². The Morgan fingerprint density at radius 3 is 2.61 bits per heavy atom. The zero-order valence-electron chi connectivity index (χ0n) is 13.5. The first-order valence-electron chi connectivity index (χ1n) is 7.99. The number of halogens is 1. The number of amides is 1. The summed E-state index contributed by atoms with van der Waals surface area (Å²) in [5, 5.41) is 0.514. The lowest BCUT2D eigenvalue weighted by Gasteiger charge is -2.38. The first-order chi connectivity index (χ1) is 11.0. The Bertz CT molecular complexity index is 576. The predicted molar refractivity (Wildman–Crippen MR) is 86.7 cm³/mol. The highest BCUT2D eigenvalue weighted by Crippen LogP contribution is 2.32. The number of hydrogen-bond donors (Lipinski definition) is 0. The summed E-state index contributed by atoms with van der Waals surface area (Å²) < 4.78 is 17.1. The largest absolute Gasteiger partial charge is 0.479 e. The topological polar surface area (TPSA) is 48.0 Å². The summed E-state index contributed by atoms with van der Waals surface area (Å²) in [5.41, 5.74) is 1.04. The summed E-state index contributed by atoms with van der Waals surface area (Å²) >= 11 is 6.13. The zero-order valence-corrected chi connectivity index (χ0v) is 14.3. The van der Waals surface area contributed by atoms with Gasteiger partial charge in [0.25, 0.3) is 5.91 Å². The van der Waals surface area contributed by atoms with E-state index in [0.29, 0.717) is 49.9 Å². The van der Waals surface area contributed by atoms with E-state index in [4.69, 9.17) is 25.8 Å². The molecule has 0 N–H and O–H groups in total. The molecule has 0 aromatic heterocycles. The van der Waals surface area contributed by atoms with Crippen LogP contribution in [0.5, 0.6) is 5.75 Å². The predicted octanol–water partition coefficient (Wildman–Crippen LogP) is 2.78. The van der Waals surface area contributed by atoms with Gasteiger partial charge in [0, 0.05) is 25.9 Å². The average molecular weight is 340 g/mol. The Morgan fingerprint density at radius 1 is 1.30 bits per heavy atom. The maximum atomic E-state index is 12.6. The summed E-state index contributed by atoms with van der Waals surface area (Å²) in [5.74, 6) is 0.0413. The summed E-state index contributed by atoms with van der Waals surface area (Å²) in [6.07, 6.45) is 0.835. The SMILES string of the molecule is Cc1ccc(Cl)c(O[C@H](C)C(=O)N2CCC3(CC2)OCCO3)c1. The average Bonchev–Trinajstić information content (AvgIpc) is 2.99. The van der Waals surface area contributed by atoms with Crippen molar-refractivity contribution >= 4 is 17.5 Å². The highest BCUT2D eigenvalue weighted by molar-refractivity contribution is 6.32. The lowest BCUT2D eigenvalue weighted by atomic mass is 10.0. The third kappa shape index (κ3) is 3.62. The maximum absolute atomic E-state index is 12.6. The van der Waals surface area contributed by atoms with Gasteiger partial charge in [0.2, 0.25) is 0 Å². The number of benzene rings is 1. The molecule has 2 heterocycles. The van der Waals surface area contributed by atoms with Crippen LogP contribution in [-0.4, -0.2) is 49.0 Å². The second kappa shape index (κ2) is 6.67. The fourth-order valence-corrected chi connectivity index (χ4v) is 3.21. The second-order valence-electron chi connectivity index (χ2n) is 6.13. The Labute approximate surface area is 141 Å². The molecule has 23 heavy (non-hydrogen) atoms. The molecule has 5 nitrogen and oxygen atoms in total. The van der Waals surface area contributed by atoms with Gasteiger partial charge in [0.05, 0.1) is 18.2 Å². The number of likely N-dealkylation sites (tertiary alicyclic amines) is 1. The van der Waals surface area contributed by atoms with E-state index in [1.165, 1.54) is 0 Å². The van der Waals surface area contributed by atoms with Gasteiger partial charge in [-0.2, -0.15) is 0 Å². The standard InChI is InChI=1S/C17H22ClNO4/c1-12-3-4-14(18)15(11-12)23-13(2)16(20)19-7-5-17(6-8-19)21-9-10-22-17/h3-4,11,13H,5-10H2,1-2H3/t13-/m1/s1. The minimum atomic E-state index is -0.575. The van der Waals surface area contributed by atoms with Crippen LogP contribution in [-0.2, 0) is 14.3 Å². The quantitative estimate of drug-likeness (QED) is 0.849. The van der Waals surface area contributed by atoms with Gasteiger partial charge in [-0.25, -0.2) is 0 Å². The molecule has 1 spiro atoms. The minimum Gasteiger partial charge on any atom is -0.479 e. The number of aryl methyl sites for hydroxylation is 1. The van der Waals surface area contributed by atoms with Gasteiger partial charge in [-0.05, 0) is 31.5 Å². The number of hydrogen-bond acceptors (Lipinski definition) is 4. The first kappa shape index (κ1) is 16.6. The molecule has 2 aliphatic heterocycles. The van der Waals surface area contributed by atoms with E-state index in [1.54, 1.807) is 13.0 Å². The van der Waals surface area contributed by atoms with Crippen molar-refractivity contribution in [3.8, 4) is 5.75 Å². The molecule has 0 bridgehead atoms. The lowest BCUT2D eigenvalue weighted by Crippen LogP contribution is -2.50. The highest BCUT2D eigenvalue weighted by Gasteiger charge is 2.41. The van der Waals surface area contributed by atoms with Crippen LogP contribution < -0.4 is 4.74 Å². The third-order valence-corrected chi connectivity index (χ3v) is 4.70. The molecule has 0 saturated carbocycles. The summed E-state index contributed by atoms with van der Waals surface area (Å²) in [6, 6.07) is 5.54. The molecule has 1 aromatic rings. The van der Waals surface area contributed by atoms with Crippen molar-refractivity contribution in [3.05, 3.63) is 28.8 Å². The van der Waals surface area contributed by atoms with Crippen LogP contribution in [0, 0.1) is 6.92 Å². The minimum absolute atomic E-state index is 0.0320. The van der Waals surface area contributed by atoms with Crippen molar-refractivity contribution < 1.29 is 19.0 Å². The summed E-state index contributed by atoms with van der Waals surface area (Å²) in [4.78, 5) is 14.4. The van der Waals surface area contributed by atoms with E-state index in [-0.39, 0.29) is 5.91 Å². The van der Waals surface area contributed by atoms with Crippen molar-refractivity contribution in [2.75, 3.05) is 26.3 Å². The highest BCUT2D eigenvalue weighted by atomic mass is 35.5. The van der Waals surface area contributed by atoms with Crippen molar-refractivity contribution in [2.24, 2.45) is 0 Å². The summed E-state index contributed by atoms with van der Waals surface area (Å²) in [6.45, 7) is 6.23. The molecule has 1 amide bonds. The smallest absolute Gasteiger partial charge is 0.263 e. The molecule has 2 saturated heterocycles. The molecule has 3 rings (SSSR count). The van der Waals surface area contributed by atoms with Crippen molar-refractivity contribution in [3.63, 3.8) is 0 Å². The van der Waals surface area contributed by atoms with Crippen molar-refractivity contribution in [1.29, 1.82) is 0 Å². The van der Waals surface area contributed by atoms with E-state index < -0.39 is 11.9 Å². The van der Waals surface area contributed by atoms with E-state index >= 15 is 0 Å². The molecule has 2 fully saturated rings. The normalized spacial score (nSPS) is 21.4. The monoisotopic (exact) mass is 339 g/mol. The van der Waals surface area contributed by atoms with Crippen molar-refractivity contribution in [1.82, 2.24) is 4.90 Å². The zero-order chi connectivity index (χ0) is 16.4. The summed E-state index contributed by atoms with van der Waals surface area (Å²) in [7, 11) is 0. The first-order valence-corrected chi connectivity index (χ1v) is 8.36. The maximum Gasteiger partial charge on any atom is 0.263 e. The van der Waals surface area contributed by atoms with Gasteiger partial charge in [-0.1, -0.05) is 17.7 Å². The number of nitrogens with zero attached hydrogens (tertiary/aromatic N) is 1. The molecule has 0 unspecified atom stereocenters. The molecular formula is C17H22ClNO4. The van der Waals surface area contributed by atoms with E-state index in [1.807, 2.05) is 24.0 Å². The van der Waals surface area contributed by atoms with Gasteiger partial charge in [-0.15, -0.1) is 0 Å². The Morgan fingerprint density at radius 2 is 1.96 bits per heavy atom. The number of carbonyl (C=O) groups excluding carboxylic acids is 1. The Hall–Kier alpha value is -1.30. The van der Waals surface area contributed by atoms with Gasteiger partial charge in [0.15, 0.2) is 11.9 Å². The number of piperidine rings is 1.